The highest BCUT2D eigenvalue weighted by Gasteiger charge is 2.22. The topological polar surface area (TPSA) is 76.0 Å². The molecule has 27 heavy (non-hydrogen) atoms. The predicted octanol–water partition coefficient (Wildman–Crippen LogP) is 2.83. The number of Topliss-reactive ketones (excluding diaryl/α,β-unsaturated/α-hetero) is 1. The Kier molecular flexibility index (Phi) is 6.10. The largest absolute Gasteiger partial charge is 0.457 e. The SMILES string of the molecule is O=C(CCC(=O)N1CCC(c2ccccc2)=N1)OCC(=O)c1ccccc1. The molecule has 0 N–H and O–H groups in total. The summed E-state index contributed by atoms with van der Waals surface area (Å²) in [4.78, 5) is 35.9. The van der Waals surface area contributed by atoms with Crippen LogP contribution >= 0.6 is 0 Å². The number of esters is 1. The van der Waals surface area contributed by atoms with Gasteiger partial charge in [-0.1, -0.05) is 60.7 Å². The van der Waals surface area contributed by atoms with Gasteiger partial charge in [0, 0.05) is 18.4 Å². The summed E-state index contributed by atoms with van der Waals surface area (Å²) in [5.41, 5.74) is 2.34. The van der Waals surface area contributed by atoms with Crippen LogP contribution in [0.2, 0.25) is 0 Å². The molecule has 0 aliphatic carbocycles. The van der Waals surface area contributed by atoms with Crippen LogP contribution in [0.5, 0.6) is 0 Å². The normalized spacial score (nSPS) is 13.2. The first-order valence-corrected chi connectivity index (χ1v) is 8.80. The Morgan fingerprint density at radius 3 is 2.30 bits per heavy atom. The number of benzene rings is 2. The highest BCUT2D eigenvalue weighted by Crippen LogP contribution is 2.15. The minimum absolute atomic E-state index is 0.00390. The maximum absolute atomic E-state index is 12.2. The third-order valence-electron chi connectivity index (χ3n) is 4.20. The summed E-state index contributed by atoms with van der Waals surface area (Å²) in [6.07, 6.45) is 0.614. The lowest BCUT2D eigenvalue weighted by atomic mass is 10.1. The molecule has 0 atom stereocenters. The van der Waals surface area contributed by atoms with Gasteiger partial charge in [-0.05, 0) is 5.56 Å². The lowest BCUT2D eigenvalue weighted by Gasteiger charge is -2.11. The molecule has 0 fully saturated rings. The maximum atomic E-state index is 12.2. The van der Waals surface area contributed by atoms with E-state index in [9.17, 15) is 14.4 Å². The molecule has 2 aromatic carbocycles. The van der Waals surface area contributed by atoms with Crippen molar-refractivity contribution in [2.45, 2.75) is 19.3 Å². The first kappa shape index (κ1) is 18.5. The summed E-state index contributed by atoms with van der Waals surface area (Å²) in [5, 5.41) is 5.74. The summed E-state index contributed by atoms with van der Waals surface area (Å²) < 4.78 is 4.97. The molecule has 0 saturated heterocycles. The zero-order chi connectivity index (χ0) is 19.1. The van der Waals surface area contributed by atoms with Crippen LogP contribution in [-0.4, -0.2) is 41.5 Å². The van der Waals surface area contributed by atoms with Crippen molar-refractivity contribution < 1.29 is 19.1 Å². The molecule has 0 saturated carbocycles. The summed E-state index contributed by atoms with van der Waals surface area (Å²) in [6, 6.07) is 18.3. The number of carbonyl (C=O) groups is 3. The van der Waals surface area contributed by atoms with Gasteiger partial charge in [-0.25, -0.2) is 5.01 Å². The van der Waals surface area contributed by atoms with Gasteiger partial charge in [0.15, 0.2) is 12.4 Å². The smallest absolute Gasteiger partial charge is 0.306 e. The Hall–Kier alpha value is -3.28. The van der Waals surface area contributed by atoms with Crippen LogP contribution in [0.15, 0.2) is 65.8 Å². The molecule has 0 spiro atoms. The number of nitrogens with zero attached hydrogens (tertiary/aromatic N) is 2. The molecular formula is C21H20N2O4. The molecule has 1 heterocycles. The fourth-order valence-electron chi connectivity index (χ4n) is 2.73. The number of rotatable bonds is 7. The molecule has 2 aromatic rings. The van der Waals surface area contributed by atoms with E-state index >= 15 is 0 Å². The summed E-state index contributed by atoms with van der Waals surface area (Å²) in [6.45, 7) is 0.182. The number of amides is 1. The van der Waals surface area contributed by atoms with Gasteiger partial charge in [-0.15, -0.1) is 0 Å². The number of ether oxygens (including phenoxy) is 1. The lowest BCUT2D eigenvalue weighted by Crippen LogP contribution is -2.24. The van der Waals surface area contributed by atoms with Gasteiger partial charge in [0.05, 0.1) is 18.7 Å². The number of hydrogen-bond donors (Lipinski definition) is 0. The van der Waals surface area contributed by atoms with Crippen molar-refractivity contribution in [3.8, 4) is 0 Å². The highest BCUT2D eigenvalue weighted by atomic mass is 16.5. The van der Waals surface area contributed by atoms with Gasteiger partial charge in [0.2, 0.25) is 5.91 Å². The number of ketones is 1. The summed E-state index contributed by atoms with van der Waals surface area (Å²) in [7, 11) is 0. The van der Waals surface area contributed by atoms with Crippen LogP contribution < -0.4 is 0 Å². The second-order valence-electron chi connectivity index (χ2n) is 6.13. The standard InChI is InChI=1S/C21H20N2O4/c24-19(17-9-5-2-6-10-17)15-27-21(26)12-11-20(25)23-14-13-18(22-23)16-7-3-1-4-8-16/h1-10H,11-15H2. The predicted molar refractivity (Wildman–Crippen MR) is 100 cm³/mol. The van der Waals surface area contributed by atoms with Gasteiger partial charge in [0.1, 0.15) is 0 Å². The van der Waals surface area contributed by atoms with Crippen molar-refractivity contribution in [3.05, 3.63) is 71.8 Å². The van der Waals surface area contributed by atoms with E-state index in [-0.39, 0.29) is 31.1 Å². The molecule has 1 amide bonds. The maximum Gasteiger partial charge on any atom is 0.306 e. The van der Waals surface area contributed by atoms with Crippen molar-refractivity contribution in [2.75, 3.05) is 13.2 Å². The fraction of sp³-hybridized carbons (Fsp3) is 0.238. The first-order valence-electron chi connectivity index (χ1n) is 8.80. The minimum Gasteiger partial charge on any atom is -0.457 e. The summed E-state index contributed by atoms with van der Waals surface area (Å²) >= 11 is 0. The molecule has 0 aromatic heterocycles. The third kappa shape index (κ3) is 5.10. The Morgan fingerprint density at radius 1 is 0.926 bits per heavy atom. The van der Waals surface area contributed by atoms with E-state index in [1.807, 2.05) is 30.3 Å². The molecule has 6 heteroatoms. The van der Waals surface area contributed by atoms with E-state index in [1.165, 1.54) is 5.01 Å². The van der Waals surface area contributed by atoms with Crippen molar-refractivity contribution >= 4 is 23.4 Å². The van der Waals surface area contributed by atoms with Crippen LogP contribution in [0.25, 0.3) is 0 Å². The number of carbonyl (C=O) groups excluding carboxylic acids is 3. The van der Waals surface area contributed by atoms with Crippen molar-refractivity contribution in [1.82, 2.24) is 5.01 Å². The molecule has 1 aliphatic heterocycles. The fourth-order valence-corrected chi connectivity index (χ4v) is 2.73. The highest BCUT2D eigenvalue weighted by molar-refractivity contribution is 6.02. The van der Waals surface area contributed by atoms with Crippen molar-refractivity contribution in [3.63, 3.8) is 0 Å². The van der Waals surface area contributed by atoms with Crippen molar-refractivity contribution in [1.29, 1.82) is 0 Å². The van der Waals surface area contributed by atoms with Crippen molar-refractivity contribution in [2.24, 2.45) is 5.10 Å². The quantitative estimate of drug-likeness (QED) is 0.559. The Balaban J connectivity index is 1.43. The van der Waals surface area contributed by atoms with Crippen LogP contribution in [0.4, 0.5) is 0 Å². The molecule has 3 rings (SSSR count). The minimum atomic E-state index is -0.570. The zero-order valence-electron chi connectivity index (χ0n) is 14.8. The number of hydrogen-bond acceptors (Lipinski definition) is 5. The molecular weight excluding hydrogens is 344 g/mol. The van der Waals surface area contributed by atoms with E-state index < -0.39 is 5.97 Å². The first-order chi connectivity index (χ1) is 13.1. The van der Waals surface area contributed by atoms with E-state index in [1.54, 1.807) is 30.3 Å². The molecule has 6 nitrogen and oxygen atoms in total. The van der Waals surface area contributed by atoms with Crippen LogP contribution in [0.3, 0.4) is 0 Å². The van der Waals surface area contributed by atoms with E-state index in [4.69, 9.17) is 4.74 Å². The van der Waals surface area contributed by atoms with Gasteiger partial charge < -0.3 is 4.74 Å². The number of hydrazone groups is 1. The van der Waals surface area contributed by atoms with Crippen LogP contribution in [0, 0.1) is 0 Å². The molecule has 138 valence electrons. The molecule has 0 unspecified atom stereocenters. The van der Waals surface area contributed by atoms with E-state index in [0.29, 0.717) is 18.5 Å². The van der Waals surface area contributed by atoms with Crippen LogP contribution in [0.1, 0.15) is 35.2 Å². The van der Waals surface area contributed by atoms with Crippen LogP contribution in [-0.2, 0) is 14.3 Å². The second kappa shape index (κ2) is 8.89. The van der Waals surface area contributed by atoms with Gasteiger partial charge in [0.25, 0.3) is 0 Å². The van der Waals surface area contributed by atoms with E-state index in [0.717, 1.165) is 11.3 Å². The van der Waals surface area contributed by atoms with E-state index in [2.05, 4.69) is 5.10 Å². The van der Waals surface area contributed by atoms with Gasteiger partial charge in [-0.3, -0.25) is 14.4 Å². The van der Waals surface area contributed by atoms with Gasteiger partial charge >= 0.3 is 5.97 Å². The monoisotopic (exact) mass is 364 g/mol. The second-order valence-corrected chi connectivity index (χ2v) is 6.13. The summed E-state index contributed by atoms with van der Waals surface area (Å²) in [5.74, 6) is -1.07. The third-order valence-corrected chi connectivity index (χ3v) is 4.20. The van der Waals surface area contributed by atoms with Gasteiger partial charge in [-0.2, -0.15) is 5.10 Å². The molecule has 0 bridgehead atoms. The molecule has 0 radical (unpaired) electrons. The average Bonchev–Trinajstić information content (AvgIpc) is 3.22. The lowest BCUT2D eigenvalue weighted by molar-refractivity contribution is -0.145. The Morgan fingerprint density at radius 2 is 1.59 bits per heavy atom. The Bertz CT molecular complexity index is 847. The zero-order valence-corrected chi connectivity index (χ0v) is 14.8. The Labute approximate surface area is 157 Å². The average molecular weight is 364 g/mol. The molecule has 1 aliphatic rings.